The van der Waals surface area contributed by atoms with Gasteiger partial charge in [0.15, 0.2) is 11.0 Å². The Kier molecular flexibility index (Phi) is 5.29. The van der Waals surface area contributed by atoms with Crippen LogP contribution >= 0.6 is 11.6 Å². The Morgan fingerprint density at radius 2 is 1.94 bits per heavy atom. The molecule has 0 amide bonds. The molecule has 4 rings (SSSR count). The third kappa shape index (κ3) is 4.04. The van der Waals surface area contributed by atoms with Gasteiger partial charge in [-0.15, -0.1) is 0 Å². The number of hydrogen-bond acceptors (Lipinski definition) is 3. The summed E-state index contributed by atoms with van der Waals surface area (Å²) in [7, 11) is 3.56. The molecule has 0 aliphatic heterocycles. The highest BCUT2D eigenvalue weighted by molar-refractivity contribution is 6.34. The highest BCUT2D eigenvalue weighted by Crippen LogP contribution is 2.33. The van der Waals surface area contributed by atoms with Crippen LogP contribution in [0.2, 0.25) is 5.02 Å². The van der Waals surface area contributed by atoms with Crippen LogP contribution in [-0.2, 0) is 0 Å². The lowest BCUT2D eigenvalue weighted by Gasteiger charge is -2.14. The molecule has 8 heteroatoms. The zero-order chi connectivity index (χ0) is 22.3. The Labute approximate surface area is 182 Å². The van der Waals surface area contributed by atoms with Crippen molar-refractivity contribution in [1.29, 1.82) is 0 Å². The minimum absolute atomic E-state index is 0.169. The van der Waals surface area contributed by atoms with Crippen molar-refractivity contribution in [3.63, 3.8) is 0 Å². The number of anilines is 1. The number of aromatic nitrogens is 2. The third-order valence-corrected chi connectivity index (χ3v) is 5.32. The second-order valence-corrected chi connectivity index (χ2v) is 7.81. The van der Waals surface area contributed by atoms with Gasteiger partial charge in [0.25, 0.3) is 0 Å². The number of rotatable bonds is 5. The molecule has 0 saturated heterocycles. The largest absolute Gasteiger partial charge is 0.478 e. The van der Waals surface area contributed by atoms with Crippen LogP contribution in [0.1, 0.15) is 15.9 Å². The summed E-state index contributed by atoms with van der Waals surface area (Å²) in [5.74, 6) is -0.986. The molecule has 4 aromatic rings. The van der Waals surface area contributed by atoms with E-state index in [1.807, 2.05) is 12.1 Å². The number of benzene rings is 3. The minimum atomic E-state index is -1.02. The molecule has 0 saturated carbocycles. The van der Waals surface area contributed by atoms with Gasteiger partial charge < -0.3 is 14.7 Å². The standard InChI is InChI=1S/C23H19ClFN3O3/c1-12-4-6-14(9-15(12)22(29)30)31-23-26-19-10-16(17(24)11-20(19)27-23)13-5-7-21(28(2)3)18(25)8-13/h4-11H,1-3H3,(H,26,27)(H,29,30)/p+1. The molecule has 1 heterocycles. The lowest BCUT2D eigenvalue weighted by molar-refractivity contribution is -0.359. The van der Waals surface area contributed by atoms with E-state index in [2.05, 4.69) is 9.97 Å². The molecule has 3 N–H and O–H groups in total. The predicted molar refractivity (Wildman–Crippen MR) is 118 cm³/mol. The normalized spacial score (nSPS) is 11.0. The molecular formula is C23H20ClFN3O3+. The van der Waals surface area contributed by atoms with E-state index in [-0.39, 0.29) is 11.4 Å². The monoisotopic (exact) mass is 440 g/mol. The summed E-state index contributed by atoms with van der Waals surface area (Å²) in [6.45, 7) is 1.72. The van der Waals surface area contributed by atoms with Gasteiger partial charge in [-0.1, -0.05) is 23.7 Å². The van der Waals surface area contributed by atoms with Crippen LogP contribution in [0.5, 0.6) is 11.8 Å². The molecule has 0 aliphatic rings. The highest BCUT2D eigenvalue weighted by Gasteiger charge is 2.18. The second-order valence-electron chi connectivity index (χ2n) is 7.40. The summed E-state index contributed by atoms with van der Waals surface area (Å²) in [5.41, 5.74) is 4.02. The Morgan fingerprint density at radius 1 is 1.16 bits per heavy atom. The zero-order valence-corrected chi connectivity index (χ0v) is 17.8. The van der Waals surface area contributed by atoms with Crippen LogP contribution in [0.4, 0.5) is 10.1 Å². The van der Waals surface area contributed by atoms with Crippen molar-refractivity contribution in [2.45, 2.75) is 6.92 Å². The van der Waals surface area contributed by atoms with E-state index in [1.54, 1.807) is 50.2 Å². The number of aromatic amines is 2. The number of ether oxygens (including phenoxy) is 1. The van der Waals surface area contributed by atoms with Gasteiger partial charge in [0.1, 0.15) is 11.6 Å². The van der Waals surface area contributed by atoms with E-state index >= 15 is 0 Å². The maximum atomic E-state index is 14.4. The topological polar surface area (TPSA) is 79.7 Å². The quantitative estimate of drug-likeness (QED) is 0.441. The van der Waals surface area contributed by atoms with Crippen LogP contribution in [0, 0.1) is 12.7 Å². The summed E-state index contributed by atoms with van der Waals surface area (Å²) in [6.07, 6.45) is 0. The molecule has 0 aliphatic carbocycles. The smallest absolute Gasteiger partial charge is 0.458 e. The van der Waals surface area contributed by atoms with Crippen molar-refractivity contribution in [2.75, 3.05) is 19.0 Å². The van der Waals surface area contributed by atoms with Gasteiger partial charge in [-0.3, -0.25) is 0 Å². The molecule has 3 aromatic carbocycles. The molecule has 0 atom stereocenters. The molecule has 0 spiro atoms. The molecule has 31 heavy (non-hydrogen) atoms. The van der Waals surface area contributed by atoms with Crippen LogP contribution in [0.25, 0.3) is 22.2 Å². The van der Waals surface area contributed by atoms with Gasteiger partial charge in [-0.25, -0.2) is 19.2 Å². The number of carboxylic acid groups (broad SMARTS) is 1. The van der Waals surface area contributed by atoms with Crippen LogP contribution < -0.4 is 14.6 Å². The number of nitrogens with zero attached hydrogens (tertiary/aromatic N) is 1. The summed E-state index contributed by atoms with van der Waals surface area (Å²) in [5, 5.41) is 9.75. The Morgan fingerprint density at radius 3 is 2.61 bits per heavy atom. The van der Waals surface area contributed by atoms with Gasteiger partial charge >= 0.3 is 12.0 Å². The van der Waals surface area contributed by atoms with Crippen molar-refractivity contribution in [3.05, 3.63) is 70.5 Å². The lowest BCUT2D eigenvalue weighted by Crippen LogP contribution is -2.10. The number of carbonyl (C=O) groups is 1. The first-order chi connectivity index (χ1) is 14.7. The van der Waals surface area contributed by atoms with Gasteiger partial charge in [-0.2, -0.15) is 0 Å². The lowest BCUT2D eigenvalue weighted by atomic mass is 10.0. The zero-order valence-electron chi connectivity index (χ0n) is 17.1. The van der Waals surface area contributed by atoms with E-state index in [0.29, 0.717) is 50.2 Å². The van der Waals surface area contributed by atoms with E-state index in [4.69, 9.17) is 16.3 Å². The SMILES string of the molecule is Cc1ccc(Oc2[nH]c3cc(Cl)c(-c4ccc(N(C)C)c(F)c4)cc3[nH+]2)cc1C(=O)O. The van der Waals surface area contributed by atoms with Gasteiger partial charge in [0.2, 0.25) is 0 Å². The van der Waals surface area contributed by atoms with Crippen molar-refractivity contribution in [1.82, 2.24) is 4.98 Å². The van der Waals surface area contributed by atoms with Crippen molar-refractivity contribution in [2.24, 2.45) is 0 Å². The van der Waals surface area contributed by atoms with E-state index in [1.165, 1.54) is 12.1 Å². The highest BCUT2D eigenvalue weighted by atomic mass is 35.5. The molecule has 0 unspecified atom stereocenters. The third-order valence-electron chi connectivity index (χ3n) is 5.00. The first-order valence-electron chi connectivity index (χ1n) is 9.46. The number of nitrogens with one attached hydrogen (secondary N) is 2. The fourth-order valence-corrected chi connectivity index (χ4v) is 3.65. The Bertz CT molecular complexity index is 1320. The number of aryl methyl sites for hydroxylation is 1. The minimum Gasteiger partial charge on any atom is -0.478 e. The fourth-order valence-electron chi connectivity index (χ4n) is 3.38. The van der Waals surface area contributed by atoms with Crippen LogP contribution in [0.15, 0.2) is 48.5 Å². The number of hydrogen-bond donors (Lipinski definition) is 2. The average Bonchev–Trinajstić information content (AvgIpc) is 3.09. The molecule has 0 bridgehead atoms. The van der Waals surface area contributed by atoms with Crippen molar-refractivity contribution >= 4 is 34.3 Å². The summed E-state index contributed by atoms with van der Waals surface area (Å²) in [6, 6.07) is 13.7. The van der Waals surface area contributed by atoms with Crippen molar-refractivity contribution in [3.8, 4) is 22.9 Å². The molecular weight excluding hydrogens is 421 g/mol. The summed E-state index contributed by atoms with van der Waals surface area (Å²) < 4.78 is 20.2. The maximum absolute atomic E-state index is 14.4. The van der Waals surface area contributed by atoms with Crippen molar-refractivity contribution < 1.29 is 24.0 Å². The van der Waals surface area contributed by atoms with Gasteiger partial charge in [-0.05, 0) is 48.4 Å². The number of carboxylic acids is 1. The molecule has 158 valence electrons. The van der Waals surface area contributed by atoms with Gasteiger partial charge in [0, 0.05) is 25.7 Å². The number of H-pyrrole nitrogens is 2. The molecule has 6 nitrogen and oxygen atoms in total. The fraction of sp³-hybridized carbons (Fsp3) is 0.130. The maximum Gasteiger partial charge on any atom is 0.458 e. The van der Waals surface area contributed by atoms with E-state index < -0.39 is 5.97 Å². The van der Waals surface area contributed by atoms with Gasteiger partial charge in [0.05, 0.1) is 16.3 Å². The molecule has 1 aromatic heterocycles. The number of fused-ring (bicyclic) bond motifs is 1. The number of aromatic carboxylic acids is 1. The first kappa shape index (κ1) is 20.7. The van der Waals surface area contributed by atoms with E-state index in [9.17, 15) is 14.3 Å². The average molecular weight is 441 g/mol. The summed E-state index contributed by atoms with van der Waals surface area (Å²) >= 11 is 6.46. The first-order valence-corrected chi connectivity index (χ1v) is 9.84. The number of imidazole rings is 1. The van der Waals surface area contributed by atoms with Crippen LogP contribution in [0.3, 0.4) is 0 Å². The second kappa shape index (κ2) is 7.92. The number of halogens is 2. The Hall–Kier alpha value is -3.58. The molecule has 0 fully saturated rings. The summed E-state index contributed by atoms with van der Waals surface area (Å²) in [4.78, 5) is 19.2. The predicted octanol–water partition coefficient (Wildman–Crippen LogP) is 5.31. The van der Waals surface area contributed by atoms with Crippen LogP contribution in [-0.4, -0.2) is 30.2 Å². The van der Waals surface area contributed by atoms with E-state index in [0.717, 1.165) is 0 Å². The molecule has 0 radical (unpaired) electrons. The Balaban J connectivity index is 1.69.